The van der Waals surface area contributed by atoms with Crippen molar-refractivity contribution in [1.82, 2.24) is 15.0 Å². The minimum atomic E-state index is -3.55. The second-order valence-corrected chi connectivity index (χ2v) is 19.4. The number of nitrogens with two attached hydrogens (primary N) is 1. The third-order valence-electron chi connectivity index (χ3n) is 6.82. The Balaban J connectivity index is 1.85. The lowest BCUT2D eigenvalue weighted by Gasteiger charge is -2.34. The highest BCUT2D eigenvalue weighted by Crippen LogP contribution is 2.32. The molecule has 2 aromatic rings. The van der Waals surface area contributed by atoms with Gasteiger partial charge in [-0.05, 0) is 31.9 Å². The zero-order valence-electron chi connectivity index (χ0n) is 26.5. The van der Waals surface area contributed by atoms with Crippen LogP contribution in [-0.2, 0) is 30.4 Å². The average Bonchev–Trinajstić information content (AvgIpc) is 3.80. The molecule has 15 heteroatoms. The molecule has 2 aromatic heterocycles. The zero-order chi connectivity index (χ0) is 32.5. The molecule has 1 aliphatic carbocycles. The van der Waals surface area contributed by atoms with E-state index in [4.69, 9.17) is 29.1 Å². The number of aromatic nitrogens is 3. The molecule has 3 rings (SSSR count). The molecule has 13 nitrogen and oxygen atoms in total. The van der Waals surface area contributed by atoms with E-state index in [0.29, 0.717) is 29.3 Å². The summed E-state index contributed by atoms with van der Waals surface area (Å²) in [6, 6.07) is 2.72. The summed E-state index contributed by atoms with van der Waals surface area (Å²) in [7, 11) is -4.86. The van der Waals surface area contributed by atoms with Crippen molar-refractivity contribution >= 4 is 35.9 Å². The van der Waals surface area contributed by atoms with Gasteiger partial charge < -0.3 is 24.8 Å². The van der Waals surface area contributed by atoms with Crippen molar-refractivity contribution in [3.05, 3.63) is 42.2 Å². The van der Waals surface area contributed by atoms with Gasteiger partial charge in [0, 0.05) is 38.3 Å². The standard InChI is InChI=1S/C29H46N6O7SSi/c1-8-20(2)25(30)35(19-39-13-14-44(5,6)7)26-21(3)28(34-29(32-26)33-27(36)23-9-10-23)41-18-22-15-24(17-31-16-22)40-11-12-42-43(4,37)38/h8,15-17,20,23,25H,1,9-14,18-19,30H2,2-7H3,(H,32,33,34,36). The lowest BCUT2D eigenvalue weighted by Crippen LogP contribution is -2.48. The first-order valence-electron chi connectivity index (χ1n) is 14.6. The lowest BCUT2D eigenvalue weighted by atomic mass is 10.1. The highest BCUT2D eigenvalue weighted by atomic mass is 32.2. The van der Waals surface area contributed by atoms with Gasteiger partial charge in [-0.3, -0.25) is 19.3 Å². The van der Waals surface area contributed by atoms with E-state index in [9.17, 15) is 13.2 Å². The monoisotopic (exact) mass is 650 g/mol. The number of carbonyl (C=O) groups excluding carboxylic acids is 1. The molecule has 3 N–H and O–H groups in total. The minimum Gasteiger partial charge on any atom is -0.490 e. The molecule has 2 atom stereocenters. The second-order valence-electron chi connectivity index (χ2n) is 12.2. The normalized spacial score (nSPS) is 14.9. The van der Waals surface area contributed by atoms with E-state index in [0.717, 1.165) is 25.1 Å². The molecular weight excluding hydrogens is 605 g/mol. The van der Waals surface area contributed by atoms with Crippen LogP contribution in [0.2, 0.25) is 25.7 Å². The third-order valence-corrected chi connectivity index (χ3v) is 9.12. The summed E-state index contributed by atoms with van der Waals surface area (Å²) in [5.41, 5.74) is 7.98. The SMILES string of the molecule is C=CC(C)C(N)N(COCC[Si](C)(C)C)c1nc(NC(=O)C2CC2)nc(OCc2cncc(OCCOS(C)(=O)=O)c2)c1C. The number of hydrogen-bond acceptors (Lipinski definition) is 12. The van der Waals surface area contributed by atoms with Crippen LogP contribution in [0.25, 0.3) is 0 Å². The van der Waals surface area contributed by atoms with E-state index in [1.807, 2.05) is 18.7 Å². The number of hydrogen-bond donors (Lipinski definition) is 2. The molecule has 1 amide bonds. The van der Waals surface area contributed by atoms with Crippen molar-refractivity contribution in [3.63, 3.8) is 0 Å². The second kappa shape index (κ2) is 15.7. The van der Waals surface area contributed by atoms with Gasteiger partial charge in [-0.15, -0.1) is 6.58 Å². The van der Waals surface area contributed by atoms with Gasteiger partial charge in [-0.1, -0.05) is 32.6 Å². The van der Waals surface area contributed by atoms with Crippen molar-refractivity contribution in [2.75, 3.05) is 43.0 Å². The van der Waals surface area contributed by atoms with Crippen molar-refractivity contribution in [3.8, 4) is 11.6 Å². The van der Waals surface area contributed by atoms with Gasteiger partial charge in [0.15, 0.2) is 0 Å². The maximum Gasteiger partial charge on any atom is 0.264 e. The van der Waals surface area contributed by atoms with Gasteiger partial charge >= 0.3 is 0 Å². The molecule has 2 unspecified atom stereocenters. The Morgan fingerprint density at radius 3 is 2.57 bits per heavy atom. The lowest BCUT2D eigenvalue weighted by molar-refractivity contribution is -0.117. The molecule has 0 saturated heterocycles. The maximum absolute atomic E-state index is 12.7. The molecule has 2 heterocycles. The molecule has 1 aliphatic rings. The van der Waals surface area contributed by atoms with Gasteiger partial charge in [0.1, 0.15) is 38.1 Å². The summed E-state index contributed by atoms with van der Waals surface area (Å²) in [5, 5.41) is 2.83. The van der Waals surface area contributed by atoms with Crippen LogP contribution in [-0.4, -0.2) is 76.3 Å². The fourth-order valence-electron chi connectivity index (χ4n) is 3.89. The fourth-order valence-corrected chi connectivity index (χ4v) is 5.02. The summed E-state index contributed by atoms with van der Waals surface area (Å²) >= 11 is 0. The molecule has 0 bridgehead atoms. The summed E-state index contributed by atoms with van der Waals surface area (Å²) in [6.45, 7) is 15.3. The highest BCUT2D eigenvalue weighted by molar-refractivity contribution is 7.85. The van der Waals surface area contributed by atoms with Crippen LogP contribution >= 0.6 is 0 Å². The number of amides is 1. The number of anilines is 2. The molecule has 1 fully saturated rings. The Hall–Kier alpha value is -3.11. The summed E-state index contributed by atoms with van der Waals surface area (Å²) in [4.78, 5) is 27.9. The first-order chi connectivity index (χ1) is 20.7. The predicted molar refractivity (Wildman–Crippen MR) is 172 cm³/mol. The van der Waals surface area contributed by atoms with Crippen LogP contribution in [0.5, 0.6) is 11.6 Å². The summed E-state index contributed by atoms with van der Waals surface area (Å²) in [5.74, 6) is 0.997. The molecule has 0 aliphatic heterocycles. The van der Waals surface area contributed by atoms with E-state index < -0.39 is 24.4 Å². The van der Waals surface area contributed by atoms with Gasteiger partial charge in [0.05, 0.1) is 24.2 Å². The van der Waals surface area contributed by atoms with Gasteiger partial charge in [-0.25, -0.2) is 0 Å². The van der Waals surface area contributed by atoms with E-state index >= 15 is 0 Å². The fraction of sp³-hybridized carbons (Fsp3) is 0.586. The van der Waals surface area contributed by atoms with E-state index in [2.05, 4.69) is 41.5 Å². The molecule has 244 valence electrons. The van der Waals surface area contributed by atoms with Crippen LogP contribution in [0.4, 0.5) is 11.8 Å². The molecular formula is C29H46N6O7SSi. The van der Waals surface area contributed by atoms with Crippen molar-refractivity contribution in [2.24, 2.45) is 17.6 Å². The predicted octanol–water partition coefficient (Wildman–Crippen LogP) is 3.69. The summed E-state index contributed by atoms with van der Waals surface area (Å²) < 4.78 is 44.8. The summed E-state index contributed by atoms with van der Waals surface area (Å²) in [6.07, 6.45) is 7.02. The number of carbonyl (C=O) groups is 1. The largest absolute Gasteiger partial charge is 0.490 e. The minimum absolute atomic E-state index is 0.0245. The van der Waals surface area contributed by atoms with Gasteiger partial charge in [-0.2, -0.15) is 18.4 Å². The number of nitrogens with zero attached hydrogens (tertiary/aromatic N) is 4. The number of ether oxygens (including phenoxy) is 3. The van der Waals surface area contributed by atoms with Gasteiger partial charge in [0.2, 0.25) is 17.7 Å². The maximum atomic E-state index is 12.7. The Labute approximate surface area is 261 Å². The number of pyridine rings is 1. The van der Waals surface area contributed by atoms with Crippen molar-refractivity contribution in [1.29, 1.82) is 0 Å². The van der Waals surface area contributed by atoms with Crippen LogP contribution < -0.4 is 25.4 Å². The Morgan fingerprint density at radius 2 is 1.93 bits per heavy atom. The first-order valence-corrected chi connectivity index (χ1v) is 20.1. The highest BCUT2D eigenvalue weighted by Gasteiger charge is 2.31. The van der Waals surface area contributed by atoms with Crippen LogP contribution in [0.3, 0.4) is 0 Å². The van der Waals surface area contributed by atoms with Crippen LogP contribution in [0.1, 0.15) is 30.9 Å². The topological polar surface area (TPSA) is 168 Å². The molecule has 44 heavy (non-hydrogen) atoms. The average molecular weight is 651 g/mol. The van der Waals surface area contributed by atoms with Gasteiger partial charge in [0.25, 0.3) is 10.1 Å². The van der Waals surface area contributed by atoms with Crippen LogP contribution in [0, 0.1) is 18.8 Å². The molecule has 0 radical (unpaired) electrons. The van der Waals surface area contributed by atoms with Crippen molar-refractivity contribution in [2.45, 2.75) is 65.1 Å². The van der Waals surface area contributed by atoms with E-state index in [1.54, 1.807) is 18.3 Å². The molecule has 0 aromatic carbocycles. The van der Waals surface area contributed by atoms with E-state index in [1.165, 1.54) is 6.20 Å². The van der Waals surface area contributed by atoms with Crippen molar-refractivity contribution < 1.29 is 31.6 Å². The quantitative estimate of drug-likeness (QED) is 0.0745. The Kier molecular flexibility index (Phi) is 12.7. The zero-order valence-corrected chi connectivity index (χ0v) is 28.4. The Bertz CT molecular complexity index is 1380. The number of rotatable bonds is 19. The smallest absolute Gasteiger partial charge is 0.264 e. The first kappa shape index (κ1) is 35.4. The third kappa shape index (κ3) is 11.8. The molecule has 0 spiro atoms. The molecule has 1 saturated carbocycles. The van der Waals surface area contributed by atoms with Crippen LogP contribution in [0.15, 0.2) is 31.1 Å². The number of nitrogens with one attached hydrogen (secondary N) is 1. The Morgan fingerprint density at radius 1 is 1.20 bits per heavy atom. The van der Waals surface area contributed by atoms with E-state index in [-0.39, 0.29) is 56.1 Å².